The average Bonchev–Trinajstić information content (AvgIpc) is 3.00. The molecule has 0 saturated heterocycles. The van der Waals surface area contributed by atoms with Gasteiger partial charge in [-0.2, -0.15) is 0 Å². The zero-order valence-electron chi connectivity index (χ0n) is 24.0. The van der Waals surface area contributed by atoms with Crippen LogP contribution in [0.25, 0.3) is 0 Å². The van der Waals surface area contributed by atoms with Crippen LogP contribution in [-0.2, 0) is 26.2 Å². The fraction of sp³-hybridized carbons (Fsp3) is 0.375. The van der Waals surface area contributed by atoms with E-state index in [1.54, 1.807) is 19.1 Å². The van der Waals surface area contributed by atoms with Gasteiger partial charge in [0.05, 0.1) is 17.2 Å². The molecule has 0 aromatic heterocycles. The molecule has 0 bridgehead atoms. The molecule has 1 fully saturated rings. The second-order valence-corrected chi connectivity index (χ2v) is 12.3. The second-order valence-electron chi connectivity index (χ2n) is 10.4. The molecule has 0 radical (unpaired) electrons. The van der Waals surface area contributed by atoms with E-state index in [1.807, 2.05) is 37.3 Å². The Morgan fingerprint density at radius 3 is 2.21 bits per heavy atom. The molecule has 0 spiro atoms. The van der Waals surface area contributed by atoms with Crippen LogP contribution in [0.15, 0.2) is 83.8 Å². The number of rotatable bonds is 12. The molecule has 224 valence electrons. The highest BCUT2D eigenvalue weighted by Crippen LogP contribution is 2.26. The lowest BCUT2D eigenvalue weighted by molar-refractivity contribution is -0.139. The molecule has 1 atom stereocenters. The smallest absolute Gasteiger partial charge is 0.264 e. The summed E-state index contributed by atoms with van der Waals surface area (Å²) in [6.07, 6.45) is 5.01. The van der Waals surface area contributed by atoms with Gasteiger partial charge in [-0.05, 0) is 80.8 Å². The van der Waals surface area contributed by atoms with Crippen molar-refractivity contribution in [1.82, 2.24) is 10.2 Å². The standard InChI is InChI=1S/C32H38FN3O5S/c1-3-41-29-18-20-30(21-19-29)42(39,40)36(28-16-14-26(33)15-17-28)23-31(37)35(22-25-10-6-4-7-11-25)24(2)32(38)34-27-12-8-5-9-13-27/h4,6-7,10-11,14-21,24,27H,3,5,8-9,12-13,22-23H2,1-2H3,(H,34,38)/t24-/m1/s1. The average molecular weight is 596 g/mol. The van der Waals surface area contributed by atoms with Crippen molar-refractivity contribution in [3.8, 4) is 5.75 Å². The number of carbonyl (C=O) groups is 2. The summed E-state index contributed by atoms with van der Waals surface area (Å²) in [5, 5.41) is 3.08. The van der Waals surface area contributed by atoms with Crippen LogP contribution < -0.4 is 14.4 Å². The van der Waals surface area contributed by atoms with Crippen molar-refractivity contribution < 1.29 is 27.1 Å². The molecule has 2 amide bonds. The number of anilines is 1. The van der Waals surface area contributed by atoms with E-state index in [4.69, 9.17) is 4.74 Å². The minimum atomic E-state index is -4.26. The lowest BCUT2D eigenvalue weighted by Gasteiger charge is -2.33. The third kappa shape index (κ3) is 7.88. The number of carbonyl (C=O) groups excluding carboxylic acids is 2. The Balaban J connectivity index is 1.65. The molecule has 1 aliphatic carbocycles. The van der Waals surface area contributed by atoms with Crippen LogP contribution >= 0.6 is 0 Å². The van der Waals surface area contributed by atoms with Gasteiger partial charge < -0.3 is 15.0 Å². The van der Waals surface area contributed by atoms with Crippen LogP contribution in [0.2, 0.25) is 0 Å². The molecule has 3 aromatic rings. The first kappa shape index (κ1) is 31.0. The Bertz CT molecular complexity index is 1430. The fourth-order valence-corrected chi connectivity index (χ4v) is 6.48. The molecule has 42 heavy (non-hydrogen) atoms. The third-order valence-electron chi connectivity index (χ3n) is 7.43. The van der Waals surface area contributed by atoms with E-state index in [1.165, 1.54) is 29.2 Å². The molecular weight excluding hydrogens is 557 g/mol. The Morgan fingerprint density at radius 1 is 0.952 bits per heavy atom. The monoisotopic (exact) mass is 595 g/mol. The van der Waals surface area contributed by atoms with Gasteiger partial charge in [-0.3, -0.25) is 13.9 Å². The van der Waals surface area contributed by atoms with Gasteiger partial charge in [0.2, 0.25) is 11.8 Å². The minimum Gasteiger partial charge on any atom is -0.494 e. The number of ether oxygens (including phenoxy) is 1. The summed E-state index contributed by atoms with van der Waals surface area (Å²) in [4.78, 5) is 28.7. The van der Waals surface area contributed by atoms with Crippen molar-refractivity contribution in [3.63, 3.8) is 0 Å². The predicted molar refractivity (Wildman–Crippen MR) is 160 cm³/mol. The Labute approximate surface area is 247 Å². The summed E-state index contributed by atoms with van der Waals surface area (Å²) < 4.78 is 48.0. The Kier molecular flexibility index (Phi) is 10.6. The van der Waals surface area contributed by atoms with Gasteiger partial charge in [0.1, 0.15) is 24.2 Å². The quantitative estimate of drug-likeness (QED) is 0.307. The highest BCUT2D eigenvalue weighted by molar-refractivity contribution is 7.92. The van der Waals surface area contributed by atoms with Crippen molar-refractivity contribution in [2.75, 3.05) is 17.5 Å². The summed E-state index contributed by atoms with van der Waals surface area (Å²) in [6, 6.07) is 19.2. The molecule has 1 saturated carbocycles. The fourth-order valence-electron chi connectivity index (χ4n) is 5.07. The van der Waals surface area contributed by atoms with E-state index in [-0.39, 0.29) is 29.1 Å². The Morgan fingerprint density at radius 2 is 1.60 bits per heavy atom. The summed E-state index contributed by atoms with van der Waals surface area (Å²) >= 11 is 0. The molecule has 4 rings (SSSR count). The van der Waals surface area contributed by atoms with E-state index in [2.05, 4.69) is 5.32 Å². The van der Waals surface area contributed by atoms with Crippen LogP contribution in [0.4, 0.5) is 10.1 Å². The number of sulfonamides is 1. The number of amides is 2. The van der Waals surface area contributed by atoms with Gasteiger partial charge in [0.15, 0.2) is 0 Å². The van der Waals surface area contributed by atoms with Crippen molar-refractivity contribution in [3.05, 3.63) is 90.2 Å². The maximum Gasteiger partial charge on any atom is 0.264 e. The lowest BCUT2D eigenvalue weighted by Crippen LogP contribution is -2.53. The topological polar surface area (TPSA) is 96.0 Å². The largest absolute Gasteiger partial charge is 0.494 e. The maximum atomic E-state index is 14.0. The van der Waals surface area contributed by atoms with Gasteiger partial charge in [0, 0.05) is 12.6 Å². The van der Waals surface area contributed by atoms with Crippen LogP contribution in [0.3, 0.4) is 0 Å². The van der Waals surface area contributed by atoms with Crippen LogP contribution in [0.5, 0.6) is 5.75 Å². The first-order valence-corrected chi connectivity index (χ1v) is 15.8. The molecule has 0 aliphatic heterocycles. The number of hydrogen-bond acceptors (Lipinski definition) is 5. The number of nitrogens with one attached hydrogen (secondary N) is 1. The first-order valence-electron chi connectivity index (χ1n) is 14.3. The van der Waals surface area contributed by atoms with E-state index in [0.29, 0.717) is 12.4 Å². The summed E-state index contributed by atoms with van der Waals surface area (Å²) in [5.41, 5.74) is 0.920. The van der Waals surface area contributed by atoms with Crippen LogP contribution in [-0.4, -0.2) is 50.4 Å². The zero-order chi connectivity index (χ0) is 30.1. The van der Waals surface area contributed by atoms with E-state index >= 15 is 0 Å². The molecule has 8 nitrogen and oxygen atoms in total. The van der Waals surface area contributed by atoms with E-state index < -0.39 is 34.3 Å². The van der Waals surface area contributed by atoms with Gasteiger partial charge in [-0.1, -0.05) is 49.6 Å². The van der Waals surface area contributed by atoms with Gasteiger partial charge >= 0.3 is 0 Å². The second kappa shape index (κ2) is 14.3. The number of halogens is 1. The van der Waals surface area contributed by atoms with Crippen molar-refractivity contribution in [2.45, 2.75) is 69.5 Å². The first-order chi connectivity index (χ1) is 20.2. The van der Waals surface area contributed by atoms with E-state index in [9.17, 15) is 22.4 Å². The van der Waals surface area contributed by atoms with Crippen molar-refractivity contribution >= 4 is 27.5 Å². The maximum absolute atomic E-state index is 14.0. The number of nitrogens with zero attached hydrogens (tertiary/aromatic N) is 2. The molecular formula is C32H38FN3O5S. The molecule has 0 unspecified atom stereocenters. The highest BCUT2D eigenvalue weighted by Gasteiger charge is 2.33. The van der Waals surface area contributed by atoms with Crippen molar-refractivity contribution in [1.29, 1.82) is 0 Å². The van der Waals surface area contributed by atoms with Gasteiger partial charge in [-0.15, -0.1) is 0 Å². The van der Waals surface area contributed by atoms with Crippen LogP contribution in [0, 0.1) is 5.82 Å². The molecule has 0 heterocycles. The summed E-state index contributed by atoms with van der Waals surface area (Å²) in [7, 11) is -4.26. The molecule has 10 heteroatoms. The predicted octanol–water partition coefficient (Wildman–Crippen LogP) is 5.29. The normalized spacial score (nSPS) is 14.5. The number of benzene rings is 3. The van der Waals surface area contributed by atoms with Gasteiger partial charge in [-0.25, -0.2) is 12.8 Å². The third-order valence-corrected chi connectivity index (χ3v) is 9.22. The SMILES string of the molecule is CCOc1ccc(S(=O)(=O)N(CC(=O)N(Cc2ccccc2)[C@H](C)C(=O)NC2CCCCC2)c2ccc(F)cc2)cc1. The highest BCUT2D eigenvalue weighted by atomic mass is 32.2. The molecule has 1 N–H and O–H groups in total. The Hall–Kier alpha value is -3.92. The molecule has 1 aliphatic rings. The van der Waals surface area contributed by atoms with Crippen molar-refractivity contribution in [2.24, 2.45) is 0 Å². The summed E-state index contributed by atoms with van der Waals surface area (Å²) in [5.74, 6) is -0.882. The van der Waals surface area contributed by atoms with E-state index in [0.717, 1.165) is 54.1 Å². The van der Waals surface area contributed by atoms with Crippen LogP contribution in [0.1, 0.15) is 51.5 Å². The lowest BCUT2D eigenvalue weighted by atomic mass is 9.95. The van der Waals surface area contributed by atoms with Gasteiger partial charge in [0.25, 0.3) is 10.0 Å². The molecule has 3 aromatic carbocycles. The summed E-state index contributed by atoms with van der Waals surface area (Å²) in [6.45, 7) is 3.42. The number of hydrogen-bond donors (Lipinski definition) is 1. The zero-order valence-corrected chi connectivity index (χ0v) is 24.9. The minimum absolute atomic E-state index is 0.0538.